The van der Waals surface area contributed by atoms with Crippen LogP contribution in [0.1, 0.15) is 28.9 Å². The minimum absolute atomic E-state index is 0.104. The van der Waals surface area contributed by atoms with E-state index in [1.807, 2.05) is 30.3 Å². The van der Waals surface area contributed by atoms with Gasteiger partial charge in [0.15, 0.2) is 11.5 Å². The average molecular weight is 387 g/mol. The number of para-hydroxylation sites is 2. The fraction of sp³-hybridized carbons (Fsp3) is 0.417. The van der Waals surface area contributed by atoms with Crippen molar-refractivity contribution in [2.75, 3.05) is 20.7 Å². The van der Waals surface area contributed by atoms with Crippen LogP contribution in [0.3, 0.4) is 0 Å². The van der Waals surface area contributed by atoms with Gasteiger partial charge in [-0.05, 0) is 62.5 Å². The molecule has 2 heterocycles. The number of aromatic hydroxyl groups is 1. The lowest BCUT2D eigenvalue weighted by molar-refractivity contribution is 0.0211. The molecule has 29 heavy (non-hydrogen) atoms. The van der Waals surface area contributed by atoms with E-state index in [1.54, 1.807) is 7.11 Å². The molecule has 5 nitrogen and oxygen atoms in total. The Kier molecular flexibility index (Phi) is 3.52. The lowest BCUT2D eigenvalue weighted by atomic mass is 9.52. The predicted octanol–water partition coefficient (Wildman–Crippen LogP) is 3.26. The molecule has 2 bridgehead atoms. The number of piperidine rings is 1. The van der Waals surface area contributed by atoms with E-state index in [9.17, 15) is 5.11 Å². The van der Waals surface area contributed by atoms with Crippen LogP contribution in [0.5, 0.6) is 11.5 Å². The molecule has 6 rings (SSSR count). The second-order valence-corrected chi connectivity index (χ2v) is 8.90. The van der Waals surface area contributed by atoms with E-state index in [0.29, 0.717) is 23.5 Å². The molecule has 1 fully saturated rings. The van der Waals surface area contributed by atoms with Gasteiger partial charge in [0, 0.05) is 23.4 Å². The van der Waals surface area contributed by atoms with E-state index in [0.717, 1.165) is 60.2 Å². The summed E-state index contributed by atoms with van der Waals surface area (Å²) in [4.78, 5) is 12.5. The molecule has 0 spiro atoms. The van der Waals surface area contributed by atoms with Crippen LogP contribution >= 0.6 is 0 Å². The molecule has 0 unspecified atom stereocenters. The fourth-order valence-electron chi connectivity index (χ4n) is 6.27. The van der Waals surface area contributed by atoms with Crippen molar-refractivity contribution in [3.8, 4) is 11.5 Å². The minimum Gasteiger partial charge on any atom is -0.504 e. The van der Waals surface area contributed by atoms with Gasteiger partial charge in [0.1, 0.15) is 0 Å². The molecule has 3 aliphatic rings. The normalized spacial score (nSPS) is 27.8. The van der Waals surface area contributed by atoms with Gasteiger partial charge in [-0.25, -0.2) is 9.97 Å². The first-order valence-electron chi connectivity index (χ1n) is 10.4. The summed E-state index contributed by atoms with van der Waals surface area (Å²) in [7, 11) is 3.87. The van der Waals surface area contributed by atoms with Gasteiger partial charge in [0.25, 0.3) is 0 Å². The average Bonchev–Trinajstić information content (AvgIpc) is 2.73. The monoisotopic (exact) mass is 387 g/mol. The fourth-order valence-corrected chi connectivity index (χ4v) is 6.27. The second-order valence-electron chi connectivity index (χ2n) is 8.90. The number of nitrogens with zero attached hydrogens (tertiary/aromatic N) is 3. The summed E-state index contributed by atoms with van der Waals surface area (Å²) in [6, 6.07) is 12.7. The highest BCUT2D eigenvalue weighted by molar-refractivity contribution is 5.74. The van der Waals surface area contributed by atoms with E-state index >= 15 is 0 Å². The Labute approximate surface area is 170 Å². The molecule has 0 saturated carbocycles. The van der Waals surface area contributed by atoms with Gasteiger partial charge in [-0.3, -0.25) is 0 Å². The first kappa shape index (κ1) is 17.2. The summed E-state index contributed by atoms with van der Waals surface area (Å²) in [5, 5.41) is 11.2. The van der Waals surface area contributed by atoms with Crippen molar-refractivity contribution in [3.05, 3.63) is 58.9 Å². The van der Waals surface area contributed by atoms with Crippen molar-refractivity contribution in [2.45, 2.75) is 37.1 Å². The van der Waals surface area contributed by atoms with Crippen molar-refractivity contribution in [1.29, 1.82) is 0 Å². The molecule has 0 amide bonds. The molecule has 0 radical (unpaired) electrons. The Morgan fingerprint density at radius 1 is 1.07 bits per heavy atom. The largest absolute Gasteiger partial charge is 0.504 e. The summed E-state index contributed by atoms with van der Waals surface area (Å²) in [6.45, 7) is 1.04. The number of likely N-dealkylation sites (N-methyl/N-ethyl adjacent to an activating group) is 1. The van der Waals surface area contributed by atoms with Gasteiger partial charge in [-0.2, -0.15) is 0 Å². The third kappa shape index (κ3) is 2.25. The number of aromatic nitrogens is 2. The maximum Gasteiger partial charge on any atom is 0.161 e. The lowest BCUT2D eigenvalue weighted by Gasteiger charge is -2.58. The molecule has 2 aromatic carbocycles. The number of ether oxygens (including phenoxy) is 1. The van der Waals surface area contributed by atoms with E-state index in [1.165, 1.54) is 5.56 Å². The number of methoxy groups -OCH3 is 1. The number of rotatable bonds is 1. The molecule has 2 aliphatic carbocycles. The molecule has 148 valence electrons. The summed E-state index contributed by atoms with van der Waals surface area (Å²) >= 11 is 0. The number of benzene rings is 2. The zero-order valence-corrected chi connectivity index (χ0v) is 16.9. The van der Waals surface area contributed by atoms with Gasteiger partial charge < -0.3 is 14.7 Å². The summed E-state index contributed by atoms with van der Waals surface area (Å²) in [5.41, 5.74) is 6.42. The third-order valence-electron chi connectivity index (χ3n) is 7.65. The van der Waals surface area contributed by atoms with E-state index in [4.69, 9.17) is 14.7 Å². The third-order valence-corrected chi connectivity index (χ3v) is 7.65. The SMILES string of the molecule is COc1ccc2c(c1O)[C@@]13CCN(C)[C@@H](C2)[C@H]1Cc1nc2ccccc2nc1C3. The summed E-state index contributed by atoms with van der Waals surface area (Å²) in [6.07, 6.45) is 3.74. The van der Waals surface area contributed by atoms with Crippen molar-refractivity contribution in [3.63, 3.8) is 0 Å². The molecule has 1 saturated heterocycles. The smallest absolute Gasteiger partial charge is 0.161 e. The summed E-state index contributed by atoms with van der Waals surface area (Å²) in [5.74, 6) is 1.33. The quantitative estimate of drug-likeness (QED) is 0.695. The Balaban J connectivity index is 1.59. The predicted molar refractivity (Wildman–Crippen MR) is 112 cm³/mol. The molecule has 1 N–H and O–H groups in total. The number of likely N-dealkylation sites (tertiary alicyclic amines) is 1. The van der Waals surface area contributed by atoms with Crippen LogP contribution in [0.25, 0.3) is 11.0 Å². The van der Waals surface area contributed by atoms with Crippen LogP contribution in [0.4, 0.5) is 0 Å². The maximum atomic E-state index is 11.2. The lowest BCUT2D eigenvalue weighted by Crippen LogP contribution is -2.61. The van der Waals surface area contributed by atoms with Crippen molar-refractivity contribution in [2.24, 2.45) is 5.92 Å². The zero-order valence-electron chi connectivity index (χ0n) is 16.9. The van der Waals surface area contributed by atoms with E-state index in [-0.39, 0.29) is 5.41 Å². The Hall–Kier alpha value is -2.66. The molecular weight excluding hydrogens is 362 g/mol. The van der Waals surface area contributed by atoms with Gasteiger partial charge in [-0.1, -0.05) is 18.2 Å². The minimum atomic E-state index is -0.104. The van der Waals surface area contributed by atoms with Gasteiger partial charge in [0.05, 0.1) is 29.5 Å². The Bertz CT molecular complexity index is 1140. The van der Waals surface area contributed by atoms with E-state index in [2.05, 4.69) is 18.0 Å². The number of fused-ring (bicyclic) bond motifs is 3. The number of phenolic OH excluding ortho intramolecular Hbond substituents is 1. The van der Waals surface area contributed by atoms with Crippen LogP contribution in [-0.4, -0.2) is 46.7 Å². The first-order valence-corrected chi connectivity index (χ1v) is 10.4. The second kappa shape index (κ2) is 5.92. The Morgan fingerprint density at radius 2 is 1.83 bits per heavy atom. The molecule has 3 aromatic rings. The summed E-state index contributed by atoms with van der Waals surface area (Å²) < 4.78 is 5.49. The standard InChI is InChI=1S/C24H25N3O2/c1-27-10-9-24-13-19-18(25-16-5-3-4-6-17(16)26-19)12-15(24)20(27)11-14-7-8-21(29-2)23(28)22(14)24/h3-8,15,20,28H,9-13H2,1-2H3/t15-,20+,24-/m1/s1. The van der Waals surface area contributed by atoms with Crippen molar-refractivity contribution in [1.82, 2.24) is 14.9 Å². The molecule has 1 aromatic heterocycles. The first-order chi connectivity index (χ1) is 14.1. The highest BCUT2D eigenvalue weighted by atomic mass is 16.5. The van der Waals surface area contributed by atoms with Crippen LogP contribution in [0.15, 0.2) is 36.4 Å². The van der Waals surface area contributed by atoms with Gasteiger partial charge in [-0.15, -0.1) is 0 Å². The molecule has 3 atom stereocenters. The topological polar surface area (TPSA) is 58.5 Å². The van der Waals surface area contributed by atoms with Crippen molar-refractivity contribution < 1.29 is 9.84 Å². The van der Waals surface area contributed by atoms with Crippen LogP contribution in [0.2, 0.25) is 0 Å². The highest BCUT2D eigenvalue weighted by Crippen LogP contribution is 2.57. The van der Waals surface area contributed by atoms with Gasteiger partial charge >= 0.3 is 0 Å². The van der Waals surface area contributed by atoms with Gasteiger partial charge in [0.2, 0.25) is 0 Å². The highest BCUT2D eigenvalue weighted by Gasteiger charge is 2.56. The molecule has 1 aliphatic heterocycles. The zero-order chi connectivity index (χ0) is 19.8. The van der Waals surface area contributed by atoms with Crippen molar-refractivity contribution >= 4 is 11.0 Å². The van der Waals surface area contributed by atoms with Crippen LogP contribution in [-0.2, 0) is 24.7 Å². The number of hydrogen-bond donors (Lipinski definition) is 1. The van der Waals surface area contributed by atoms with E-state index < -0.39 is 0 Å². The maximum absolute atomic E-state index is 11.2. The number of phenols is 1. The molecular formula is C24H25N3O2. The van der Waals surface area contributed by atoms with Crippen LogP contribution in [0, 0.1) is 5.92 Å². The Morgan fingerprint density at radius 3 is 2.59 bits per heavy atom. The van der Waals surface area contributed by atoms with Crippen LogP contribution < -0.4 is 4.74 Å². The molecule has 5 heteroatoms. The number of hydrogen-bond acceptors (Lipinski definition) is 5.